The smallest absolute Gasteiger partial charge is 0.199 e. The van der Waals surface area contributed by atoms with Gasteiger partial charge < -0.3 is 9.73 Å². The lowest BCUT2D eigenvalue weighted by molar-refractivity contribution is 0.547. The van der Waals surface area contributed by atoms with Crippen LogP contribution in [0, 0.1) is 17.5 Å². The second-order valence-electron chi connectivity index (χ2n) is 4.45. The van der Waals surface area contributed by atoms with Gasteiger partial charge in [0.15, 0.2) is 16.9 Å². The Labute approximate surface area is 123 Å². The third-order valence-corrected chi connectivity index (χ3v) is 3.40. The van der Waals surface area contributed by atoms with E-state index in [1.807, 2.05) is 0 Å². The Kier molecular flexibility index (Phi) is 3.51. The Bertz CT molecular complexity index is 793. The van der Waals surface area contributed by atoms with Gasteiger partial charge in [0.25, 0.3) is 0 Å². The number of rotatable bonds is 3. The zero-order valence-electron chi connectivity index (χ0n) is 10.6. The van der Waals surface area contributed by atoms with E-state index in [1.54, 1.807) is 24.3 Å². The molecular formula is C15H9ClF3NO. The Hall–Kier alpha value is -2.14. The van der Waals surface area contributed by atoms with Crippen LogP contribution in [0.15, 0.2) is 40.8 Å². The van der Waals surface area contributed by atoms with Crippen molar-refractivity contribution in [3.63, 3.8) is 0 Å². The topological polar surface area (TPSA) is 25.2 Å². The summed E-state index contributed by atoms with van der Waals surface area (Å²) >= 11 is 5.98. The molecule has 0 aliphatic heterocycles. The zero-order chi connectivity index (χ0) is 15.0. The molecular weight excluding hydrogens is 303 g/mol. The van der Waals surface area contributed by atoms with E-state index in [-0.39, 0.29) is 11.8 Å². The van der Waals surface area contributed by atoms with Crippen molar-refractivity contribution in [3.05, 3.63) is 64.6 Å². The highest BCUT2D eigenvalue weighted by Gasteiger charge is 2.15. The molecule has 1 N–H and O–H groups in total. The molecule has 1 heterocycles. The molecule has 0 bridgehead atoms. The predicted octanol–water partition coefficient (Wildman–Crippen LogP) is 5.12. The molecule has 1 aromatic heterocycles. The van der Waals surface area contributed by atoms with Crippen molar-refractivity contribution in [1.29, 1.82) is 0 Å². The summed E-state index contributed by atoms with van der Waals surface area (Å²) in [6, 6.07) is 8.35. The molecule has 21 heavy (non-hydrogen) atoms. The number of fused-ring (bicyclic) bond motifs is 1. The van der Waals surface area contributed by atoms with E-state index < -0.39 is 23.1 Å². The first-order valence-corrected chi connectivity index (χ1v) is 6.48. The van der Waals surface area contributed by atoms with E-state index in [0.717, 1.165) is 5.39 Å². The summed E-state index contributed by atoms with van der Waals surface area (Å²) in [5.74, 6) is -2.98. The molecule has 3 aromatic rings. The van der Waals surface area contributed by atoms with E-state index in [9.17, 15) is 13.2 Å². The Morgan fingerprint density at radius 1 is 1.05 bits per heavy atom. The predicted molar refractivity (Wildman–Crippen MR) is 74.9 cm³/mol. The average molecular weight is 312 g/mol. The fourth-order valence-electron chi connectivity index (χ4n) is 2.12. The van der Waals surface area contributed by atoms with Crippen LogP contribution < -0.4 is 5.32 Å². The maximum absolute atomic E-state index is 13.6. The van der Waals surface area contributed by atoms with E-state index in [0.29, 0.717) is 23.3 Å². The monoisotopic (exact) mass is 311 g/mol. The van der Waals surface area contributed by atoms with Gasteiger partial charge in [-0.2, -0.15) is 0 Å². The number of halogens is 4. The molecule has 0 amide bonds. The van der Waals surface area contributed by atoms with Crippen molar-refractivity contribution in [2.45, 2.75) is 6.54 Å². The highest BCUT2D eigenvalue weighted by Crippen LogP contribution is 2.30. The van der Waals surface area contributed by atoms with Crippen molar-refractivity contribution in [2.24, 2.45) is 0 Å². The van der Waals surface area contributed by atoms with Crippen LogP contribution >= 0.6 is 11.6 Å². The van der Waals surface area contributed by atoms with Crippen molar-refractivity contribution in [1.82, 2.24) is 0 Å². The summed E-state index contributed by atoms with van der Waals surface area (Å²) in [4.78, 5) is 0. The molecule has 6 heteroatoms. The Balaban J connectivity index is 1.92. The summed E-state index contributed by atoms with van der Waals surface area (Å²) < 4.78 is 45.3. The first-order chi connectivity index (χ1) is 10.1. The number of nitrogens with one attached hydrogen (secondary N) is 1. The van der Waals surface area contributed by atoms with Gasteiger partial charge in [-0.15, -0.1) is 0 Å². The lowest BCUT2D eigenvalue weighted by Crippen LogP contribution is -2.04. The molecule has 0 saturated carbocycles. The number of hydrogen-bond acceptors (Lipinski definition) is 2. The summed E-state index contributed by atoms with van der Waals surface area (Å²) in [7, 11) is 0. The zero-order valence-corrected chi connectivity index (χ0v) is 11.3. The van der Waals surface area contributed by atoms with Crippen LogP contribution in [0.4, 0.5) is 18.9 Å². The van der Waals surface area contributed by atoms with Gasteiger partial charge in [-0.3, -0.25) is 0 Å². The average Bonchev–Trinajstić information content (AvgIpc) is 2.73. The maximum atomic E-state index is 13.6. The second-order valence-corrected chi connectivity index (χ2v) is 4.79. The van der Waals surface area contributed by atoms with Gasteiger partial charge in [0.05, 0.1) is 0 Å². The fourth-order valence-corrected chi connectivity index (χ4v) is 2.37. The minimum Gasteiger partial charge on any atom is -0.444 e. The lowest BCUT2D eigenvalue weighted by Gasteiger charge is -2.08. The minimum absolute atomic E-state index is 0.0509. The van der Waals surface area contributed by atoms with Crippen LogP contribution in [0.5, 0.6) is 0 Å². The molecule has 2 aromatic carbocycles. The second kappa shape index (κ2) is 5.33. The number of furan rings is 1. The van der Waals surface area contributed by atoms with Crippen molar-refractivity contribution < 1.29 is 17.6 Å². The molecule has 2 nitrogen and oxygen atoms in total. The highest BCUT2D eigenvalue weighted by molar-refractivity contribution is 6.30. The van der Waals surface area contributed by atoms with Crippen LogP contribution in [0.2, 0.25) is 5.22 Å². The van der Waals surface area contributed by atoms with Crippen LogP contribution in [-0.4, -0.2) is 0 Å². The maximum Gasteiger partial charge on any atom is 0.199 e. The van der Waals surface area contributed by atoms with Crippen molar-refractivity contribution >= 4 is 28.3 Å². The van der Waals surface area contributed by atoms with E-state index >= 15 is 0 Å². The molecule has 0 aliphatic carbocycles. The fraction of sp³-hybridized carbons (Fsp3) is 0.0667. The van der Waals surface area contributed by atoms with Gasteiger partial charge in [0.1, 0.15) is 17.1 Å². The van der Waals surface area contributed by atoms with Crippen LogP contribution in [0.3, 0.4) is 0 Å². The first kappa shape index (κ1) is 13.8. The largest absolute Gasteiger partial charge is 0.444 e. The van der Waals surface area contributed by atoms with Gasteiger partial charge in [-0.05, 0) is 17.7 Å². The molecule has 0 fully saturated rings. The molecule has 0 spiro atoms. The number of benzene rings is 2. The third-order valence-electron chi connectivity index (χ3n) is 3.10. The first-order valence-electron chi connectivity index (χ1n) is 6.10. The standard InChI is InChI=1S/C15H9ClF3NO/c16-15-10(9-3-1-2-4-13(9)21-15)7-20-14-11(18)5-8(17)6-12(14)19/h1-6,20H,7H2. The summed E-state index contributed by atoms with van der Waals surface area (Å²) in [6.45, 7) is 0.0509. The van der Waals surface area contributed by atoms with Gasteiger partial charge in [-0.1, -0.05) is 18.2 Å². The summed E-state index contributed by atoms with van der Waals surface area (Å²) in [6.07, 6.45) is 0. The van der Waals surface area contributed by atoms with E-state index in [1.165, 1.54) is 0 Å². The Morgan fingerprint density at radius 2 is 1.71 bits per heavy atom. The molecule has 3 rings (SSSR count). The normalized spacial score (nSPS) is 11.0. The summed E-state index contributed by atoms with van der Waals surface area (Å²) in [5, 5.41) is 3.48. The van der Waals surface area contributed by atoms with Gasteiger partial charge in [0, 0.05) is 29.6 Å². The van der Waals surface area contributed by atoms with Gasteiger partial charge in [-0.25, -0.2) is 13.2 Å². The van der Waals surface area contributed by atoms with Crippen LogP contribution in [0.1, 0.15) is 5.56 Å². The quantitative estimate of drug-likeness (QED) is 0.726. The van der Waals surface area contributed by atoms with E-state index in [2.05, 4.69) is 5.32 Å². The molecule has 0 aliphatic rings. The number of hydrogen-bond donors (Lipinski definition) is 1. The minimum atomic E-state index is -1.00. The number of para-hydroxylation sites is 1. The van der Waals surface area contributed by atoms with Gasteiger partial charge in [0.2, 0.25) is 0 Å². The lowest BCUT2D eigenvalue weighted by atomic mass is 10.1. The molecule has 108 valence electrons. The molecule has 0 radical (unpaired) electrons. The van der Waals surface area contributed by atoms with Crippen molar-refractivity contribution in [3.8, 4) is 0 Å². The molecule has 0 unspecified atom stereocenters. The Morgan fingerprint density at radius 3 is 2.43 bits per heavy atom. The molecule has 0 atom stereocenters. The SMILES string of the molecule is Fc1cc(F)c(NCc2c(Cl)oc3ccccc23)c(F)c1. The van der Waals surface area contributed by atoms with Crippen molar-refractivity contribution in [2.75, 3.05) is 5.32 Å². The highest BCUT2D eigenvalue weighted by atomic mass is 35.5. The van der Waals surface area contributed by atoms with Gasteiger partial charge >= 0.3 is 0 Å². The van der Waals surface area contributed by atoms with Crippen LogP contribution in [0.25, 0.3) is 11.0 Å². The van der Waals surface area contributed by atoms with Crippen LogP contribution in [-0.2, 0) is 6.54 Å². The summed E-state index contributed by atoms with van der Waals surface area (Å²) in [5.41, 5.74) is 0.757. The molecule has 0 saturated heterocycles. The van der Waals surface area contributed by atoms with E-state index in [4.69, 9.17) is 16.0 Å². The third kappa shape index (κ3) is 2.56. The number of anilines is 1.